The number of nitrogens with two attached hydrogens (primary N) is 1. The maximum absolute atomic E-state index is 12.3. The fourth-order valence-electron chi connectivity index (χ4n) is 2.81. The van der Waals surface area contributed by atoms with Gasteiger partial charge in [-0.1, -0.05) is 37.6 Å². The topological polar surface area (TPSA) is 46.3 Å². The highest BCUT2D eigenvalue weighted by Crippen LogP contribution is 2.26. The second kappa shape index (κ2) is 6.20. The zero-order valence-electron chi connectivity index (χ0n) is 11.9. The van der Waals surface area contributed by atoms with Crippen LogP contribution in [0.5, 0.6) is 0 Å². The highest BCUT2D eigenvalue weighted by atomic mass is 16.2. The summed E-state index contributed by atoms with van der Waals surface area (Å²) in [7, 11) is 1.88. The summed E-state index contributed by atoms with van der Waals surface area (Å²) in [5.41, 5.74) is 8.51. The van der Waals surface area contributed by atoms with Crippen LogP contribution in [0.15, 0.2) is 24.3 Å². The van der Waals surface area contributed by atoms with Crippen molar-refractivity contribution in [2.75, 3.05) is 7.05 Å². The van der Waals surface area contributed by atoms with E-state index in [1.807, 2.05) is 11.9 Å². The molecule has 1 aliphatic rings. The quantitative estimate of drug-likeness (QED) is 0.903. The van der Waals surface area contributed by atoms with Gasteiger partial charge in [-0.05, 0) is 30.4 Å². The summed E-state index contributed by atoms with van der Waals surface area (Å²) in [5, 5.41) is 0. The molecule has 3 nitrogen and oxygen atoms in total. The number of hydrogen-bond acceptors (Lipinski definition) is 2. The number of aryl methyl sites for hydroxylation is 1. The number of benzene rings is 1. The van der Waals surface area contributed by atoms with Crippen LogP contribution in [-0.4, -0.2) is 23.9 Å². The lowest BCUT2D eigenvalue weighted by atomic mass is 10.0. The van der Waals surface area contributed by atoms with Gasteiger partial charge in [0, 0.05) is 19.6 Å². The lowest BCUT2D eigenvalue weighted by Gasteiger charge is -2.23. The van der Waals surface area contributed by atoms with Gasteiger partial charge in [0.1, 0.15) is 0 Å². The minimum Gasteiger partial charge on any atom is -0.341 e. The van der Waals surface area contributed by atoms with Crippen molar-refractivity contribution in [1.82, 2.24) is 4.90 Å². The van der Waals surface area contributed by atoms with Gasteiger partial charge in [0.05, 0.1) is 5.92 Å². The van der Waals surface area contributed by atoms with Gasteiger partial charge in [-0.25, -0.2) is 0 Å². The molecule has 1 saturated carbocycles. The molecule has 0 spiro atoms. The molecule has 3 heteroatoms. The third-order valence-electron chi connectivity index (χ3n) is 4.11. The van der Waals surface area contributed by atoms with Crippen molar-refractivity contribution in [2.45, 2.75) is 45.2 Å². The summed E-state index contributed by atoms with van der Waals surface area (Å²) in [6.45, 7) is 2.82. The Morgan fingerprint density at radius 1 is 1.26 bits per heavy atom. The maximum Gasteiger partial charge on any atom is 0.227 e. The molecule has 1 aromatic carbocycles. The first-order valence-corrected chi connectivity index (χ1v) is 7.20. The van der Waals surface area contributed by atoms with E-state index in [1.165, 1.54) is 11.1 Å². The molecule has 1 amide bonds. The van der Waals surface area contributed by atoms with Gasteiger partial charge in [-0.15, -0.1) is 0 Å². The molecule has 0 saturated heterocycles. The molecule has 0 bridgehead atoms. The summed E-state index contributed by atoms with van der Waals surface area (Å²) in [6, 6.07) is 8.54. The molecule has 104 valence electrons. The van der Waals surface area contributed by atoms with Crippen molar-refractivity contribution in [2.24, 2.45) is 11.7 Å². The molecule has 0 aromatic heterocycles. The average Bonchev–Trinajstić information content (AvgIpc) is 2.85. The van der Waals surface area contributed by atoms with Crippen molar-refractivity contribution in [3.05, 3.63) is 35.4 Å². The SMILES string of the molecule is CCc1ccc(CN(C)C(=O)[C@@H]2CCC[C@@H]2N)cc1. The summed E-state index contributed by atoms with van der Waals surface area (Å²) >= 11 is 0. The highest BCUT2D eigenvalue weighted by molar-refractivity contribution is 5.79. The molecule has 1 aliphatic carbocycles. The zero-order valence-corrected chi connectivity index (χ0v) is 11.9. The van der Waals surface area contributed by atoms with Gasteiger partial charge in [-0.2, -0.15) is 0 Å². The van der Waals surface area contributed by atoms with Crippen LogP contribution in [0.25, 0.3) is 0 Å². The van der Waals surface area contributed by atoms with Crippen molar-refractivity contribution >= 4 is 5.91 Å². The summed E-state index contributed by atoms with van der Waals surface area (Å²) < 4.78 is 0. The van der Waals surface area contributed by atoms with E-state index in [1.54, 1.807) is 0 Å². The first kappa shape index (κ1) is 14.1. The maximum atomic E-state index is 12.3. The van der Waals surface area contributed by atoms with Gasteiger partial charge in [0.25, 0.3) is 0 Å². The van der Waals surface area contributed by atoms with Gasteiger partial charge in [-0.3, -0.25) is 4.79 Å². The first-order chi connectivity index (χ1) is 9.11. The van der Waals surface area contributed by atoms with E-state index in [-0.39, 0.29) is 17.9 Å². The van der Waals surface area contributed by atoms with E-state index < -0.39 is 0 Å². The van der Waals surface area contributed by atoms with Crippen LogP contribution >= 0.6 is 0 Å². The summed E-state index contributed by atoms with van der Waals surface area (Å²) in [6.07, 6.45) is 4.05. The normalized spacial score (nSPS) is 22.5. The molecule has 19 heavy (non-hydrogen) atoms. The van der Waals surface area contributed by atoms with E-state index in [2.05, 4.69) is 31.2 Å². The monoisotopic (exact) mass is 260 g/mol. The van der Waals surface area contributed by atoms with Crippen molar-refractivity contribution < 1.29 is 4.79 Å². The van der Waals surface area contributed by atoms with Crippen molar-refractivity contribution in [3.63, 3.8) is 0 Å². The lowest BCUT2D eigenvalue weighted by molar-refractivity contribution is -0.134. The Balaban J connectivity index is 1.95. The molecule has 0 radical (unpaired) electrons. The third kappa shape index (κ3) is 3.35. The van der Waals surface area contributed by atoms with E-state index in [0.717, 1.165) is 25.7 Å². The van der Waals surface area contributed by atoms with E-state index in [9.17, 15) is 4.79 Å². The van der Waals surface area contributed by atoms with Crippen LogP contribution in [-0.2, 0) is 17.8 Å². The predicted octanol–water partition coefficient (Wildman–Crippen LogP) is 2.33. The van der Waals surface area contributed by atoms with E-state index in [4.69, 9.17) is 5.73 Å². The minimum atomic E-state index is 0.0277. The molecular formula is C16H24N2O. The van der Waals surface area contributed by atoms with Gasteiger partial charge < -0.3 is 10.6 Å². The Kier molecular flexibility index (Phi) is 4.59. The van der Waals surface area contributed by atoms with Gasteiger partial charge in [0.2, 0.25) is 5.91 Å². The molecule has 1 fully saturated rings. The Hall–Kier alpha value is -1.35. The average molecular weight is 260 g/mol. The molecule has 2 N–H and O–H groups in total. The largest absolute Gasteiger partial charge is 0.341 e. The molecule has 0 heterocycles. The fraction of sp³-hybridized carbons (Fsp3) is 0.562. The number of nitrogens with zero attached hydrogens (tertiary/aromatic N) is 1. The zero-order chi connectivity index (χ0) is 13.8. The van der Waals surface area contributed by atoms with Crippen LogP contribution in [0.2, 0.25) is 0 Å². The number of amides is 1. The predicted molar refractivity (Wildman–Crippen MR) is 77.6 cm³/mol. The standard InChI is InChI=1S/C16H24N2O/c1-3-12-7-9-13(10-8-12)11-18(2)16(19)14-5-4-6-15(14)17/h7-10,14-15H,3-6,11,17H2,1-2H3/t14-,15+/m1/s1. The Morgan fingerprint density at radius 3 is 2.42 bits per heavy atom. The van der Waals surface area contributed by atoms with Gasteiger partial charge >= 0.3 is 0 Å². The lowest BCUT2D eigenvalue weighted by Crippen LogP contribution is -2.39. The summed E-state index contributed by atoms with van der Waals surface area (Å²) in [4.78, 5) is 14.1. The van der Waals surface area contributed by atoms with Gasteiger partial charge in [0.15, 0.2) is 0 Å². The van der Waals surface area contributed by atoms with Crippen LogP contribution in [0.4, 0.5) is 0 Å². The number of rotatable bonds is 4. The molecule has 1 aromatic rings. The smallest absolute Gasteiger partial charge is 0.227 e. The Bertz CT molecular complexity index is 427. The Morgan fingerprint density at radius 2 is 1.89 bits per heavy atom. The molecule has 0 unspecified atom stereocenters. The molecule has 2 atom stereocenters. The second-order valence-electron chi connectivity index (χ2n) is 5.57. The fourth-order valence-corrected chi connectivity index (χ4v) is 2.81. The second-order valence-corrected chi connectivity index (χ2v) is 5.57. The van der Waals surface area contributed by atoms with Crippen molar-refractivity contribution in [3.8, 4) is 0 Å². The summed E-state index contributed by atoms with van der Waals surface area (Å²) in [5.74, 6) is 0.226. The number of carbonyl (C=O) groups is 1. The third-order valence-corrected chi connectivity index (χ3v) is 4.11. The van der Waals surface area contributed by atoms with E-state index in [0.29, 0.717) is 6.54 Å². The Labute approximate surface area is 115 Å². The van der Waals surface area contributed by atoms with Crippen LogP contribution < -0.4 is 5.73 Å². The first-order valence-electron chi connectivity index (χ1n) is 7.20. The van der Waals surface area contributed by atoms with Crippen LogP contribution in [0.1, 0.15) is 37.3 Å². The minimum absolute atomic E-state index is 0.0277. The highest BCUT2D eigenvalue weighted by Gasteiger charge is 2.32. The number of hydrogen-bond donors (Lipinski definition) is 1. The van der Waals surface area contributed by atoms with Crippen LogP contribution in [0, 0.1) is 5.92 Å². The number of carbonyl (C=O) groups excluding carboxylic acids is 1. The van der Waals surface area contributed by atoms with Crippen molar-refractivity contribution in [1.29, 1.82) is 0 Å². The van der Waals surface area contributed by atoms with Crippen LogP contribution in [0.3, 0.4) is 0 Å². The molecule has 0 aliphatic heterocycles. The molecular weight excluding hydrogens is 236 g/mol. The molecule has 2 rings (SSSR count). The van der Waals surface area contributed by atoms with E-state index >= 15 is 0 Å².